The maximum absolute atomic E-state index is 6.69. The molecule has 0 saturated heterocycles. The number of benzene rings is 11. The summed E-state index contributed by atoms with van der Waals surface area (Å²) in [6.45, 7) is 0. The zero-order valence-electron chi connectivity index (χ0n) is 36.6. The average Bonchev–Trinajstić information content (AvgIpc) is 3.98. The third-order valence-electron chi connectivity index (χ3n) is 13.7. The SMILES string of the molecule is c1ccc(-c2ccc(-c3nc(-c4ccc(-c5ccccc5)cc4)nc(-n4c5c(-c6ccc7c(c6)oc6ccc8ccccc8c67)cccc5c5c6ccccc6c6ccccc6c54)n3)cc2)cc1. The number of aromatic nitrogens is 4. The minimum Gasteiger partial charge on any atom is -0.456 e. The number of rotatable bonds is 6. The molecule has 0 unspecified atom stereocenters. The Morgan fingerprint density at radius 1 is 0.294 bits per heavy atom. The predicted octanol–water partition coefficient (Wildman–Crippen LogP) is 16.7. The molecule has 0 spiro atoms. The van der Waals surface area contributed by atoms with Crippen LogP contribution in [0, 0.1) is 0 Å². The number of fused-ring (bicyclic) bond motifs is 13. The van der Waals surface area contributed by atoms with E-state index < -0.39 is 0 Å². The van der Waals surface area contributed by atoms with E-state index in [0.29, 0.717) is 17.6 Å². The lowest BCUT2D eigenvalue weighted by atomic mass is 9.95. The summed E-state index contributed by atoms with van der Waals surface area (Å²) in [5.41, 5.74) is 12.2. The van der Waals surface area contributed by atoms with Gasteiger partial charge in [-0.2, -0.15) is 9.97 Å². The van der Waals surface area contributed by atoms with Crippen LogP contribution in [0.3, 0.4) is 0 Å². The van der Waals surface area contributed by atoms with Crippen molar-refractivity contribution in [2.75, 3.05) is 0 Å². The highest BCUT2D eigenvalue weighted by Gasteiger charge is 2.25. The standard InChI is InChI=1S/C63H38N4O/c1-3-14-39(15-4-1)41-26-30-44(31-27-41)61-64-62(45-32-28-42(29-33-45)40-16-5-2-6-17-40)66-63(65-61)67-59-48(46-34-36-53-56(38-46)68-55-37-35-43-18-7-8-19-47(43)57(53)55)24-13-25-54(59)58-51-22-11-9-20-49(51)50-21-10-12-23-52(50)60(58)67/h1-38H. The first-order chi connectivity index (χ1) is 33.7. The highest BCUT2D eigenvalue weighted by atomic mass is 16.3. The molecular weight excluding hydrogens is 829 g/mol. The summed E-state index contributed by atoms with van der Waals surface area (Å²) in [6.07, 6.45) is 0. The van der Waals surface area contributed by atoms with Gasteiger partial charge in [0, 0.05) is 43.6 Å². The number of hydrogen-bond donors (Lipinski definition) is 0. The molecule has 316 valence electrons. The monoisotopic (exact) mass is 866 g/mol. The number of hydrogen-bond acceptors (Lipinski definition) is 4. The molecule has 0 aliphatic heterocycles. The van der Waals surface area contributed by atoms with Crippen LogP contribution in [-0.2, 0) is 0 Å². The van der Waals surface area contributed by atoms with Gasteiger partial charge in [-0.05, 0) is 72.9 Å². The van der Waals surface area contributed by atoms with Crippen LogP contribution in [0.4, 0.5) is 0 Å². The maximum atomic E-state index is 6.69. The van der Waals surface area contributed by atoms with E-state index >= 15 is 0 Å². The number of nitrogens with zero attached hydrogens (tertiary/aromatic N) is 4. The van der Waals surface area contributed by atoms with E-state index in [0.717, 1.165) is 93.6 Å². The lowest BCUT2D eigenvalue weighted by molar-refractivity contribution is 0.669. The van der Waals surface area contributed by atoms with Crippen molar-refractivity contribution in [2.24, 2.45) is 0 Å². The molecule has 68 heavy (non-hydrogen) atoms. The highest BCUT2D eigenvalue weighted by Crippen LogP contribution is 2.46. The van der Waals surface area contributed by atoms with Gasteiger partial charge in [-0.25, -0.2) is 4.98 Å². The Morgan fingerprint density at radius 3 is 1.47 bits per heavy atom. The van der Waals surface area contributed by atoms with Crippen molar-refractivity contribution in [3.63, 3.8) is 0 Å². The summed E-state index contributed by atoms with van der Waals surface area (Å²) >= 11 is 0. The van der Waals surface area contributed by atoms with Crippen LogP contribution in [-0.4, -0.2) is 19.5 Å². The molecule has 0 aliphatic carbocycles. The Morgan fingerprint density at radius 2 is 0.809 bits per heavy atom. The normalized spacial score (nSPS) is 11.8. The van der Waals surface area contributed by atoms with Gasteiger partial charge in [-0.1, -0.05) is 212 Å². The molecule has 0 N–H and O–H groups in total. The molecule has 14 rings (SSSR count). The summed E-state index contributed by atoms with van der Waals surface area (Å²) in [5.74, 6) is 1.71. The molecule has 0 saturated carbocycles. The van der Waals surface area contributed by atoms with Crippen molar-refractivity contribution in [3.05, 3.63) is 231 Å². The summed E-state index contributed by atoms with van der Waals surface area (Å²) in [5, 5.41) is 11.5. The van der Waals surface area contributed by atoms with E-state index in [-0.39, 0.29) is 0 Å². The van der Waals surface area contributed by atoms with Crippen LogP contribution in [0.25, 0.3) is 138 Å². The summed E-state index contributed by atoms with van der Waals surface area (Å²) in [4.78, 5) is 16.3. The second kappa shape index (κ2) is 15.2. The fourth-order valence-corrected chi connectivity index (χ4v) is 10.5. The summed E-state index contributed by atoms with van der Waals surface area (Å²) < 4.78 is 8.99. The molecule has 14 aromatic rings. The quantitative estimate of drug-likeness (QED) is 0.156. The number of furan rings is 1. The molecule has 0 radical (unpaired) electrons. The van der Waals surface area contributed by atoms with Crippen molar-refractivity contribution in [3.8, 4) is 62.1 Å². The zero-order valence-corrected chi connectivity index (χ0v) is 36.6. The van der Waals surface area contributed by atoms with Crippen molar-refractivity contribution >= 4 is 76.1 Å². The van der Waals surface area contributed by atoms with Gasteiger partial charge in [0.15, 0.2) is 11.6 Å². The molecule has 5 nitrogen and oxygen atoms in total. The van der Waals surface area contributed by atoms with E-state index in [9.17, 15) is 0 Å². The van der Waals surface area contributed by atoms with Gasteiger partial charge in [0.25, 0.3) is 0 Å². The molecule has 5 heteroatoms. The van der Waals surface area contributed by atoms with Gasteiger partial charge >= 0.3 is 0 Å². The van der Waals surface area contributed by atoms with Crippen LogP contribution in [0.5, 0.6) is 0 Å². The highest BCUT2D eigenvalue weighted by molar-refractivity contribution is 6.33. The predicted molar refractivity (Wildman–Crippen MR) is 281 cm³/mol. The lowest BCUT2D eigenvalue weighted by Crippen LogP contribution is -2.07. The Hall–Kier alpha value is -9.19. The summed E-state index contributed by atoms with van der Waals surface area (Å²) in [6, 6.07) is 81.5. The van der Waals surface area contributed by atoms with Crippen LogP contribution < -0.4 is 0 Å². The van der Waals surface area contributed by atoms with Crippen molar-refractivity contribution in [1.82, 2.24) is 19.5 Å². The van der Waals surface area contributed by atoms with Crippen molar-refractivity contribution < 1.29 is 4.42 Å². The molecule has 11 aromatic carbocycles. The largest absolute Gasteiger partial charge is 0.456 e. The first-order valence-electron chi connectivity index (χ1n) is 23.0. The second-order valence-corrected chi connectivity index (χ2v) is 17.5. The van der Waals surface area contributed by atoms with Gasteiger partial charge in [0.2, 0.25) is 5.95 Å². The van der Waals surface area contributed by atoms with E-state index in [1.54, 1.807) is 0 Å². The second-order valence-electron chi connectivity index (χ2n) is 17.5. The Bertz CT molecular complexity index is 4190. The zero-order chi connectivity index (χ0) is 44.7. The third kappa shape index (κ3) is 5.99. The van der Waals surface area contributed by atoms with E-state index in [4.69, 9.17) is 19.4 Å². The first kappa shape index (κ1) is 38.1. The maximum Gasteiger partial charge on any atom is 0.238 e. The van der Waals surface area contributed by atoms with E-state index in [2.05, 4.69) is 223 Å². The van der Waals surface area contributed by atoms with Gasteiger partial charge in [0.05, 0.1) is 11.0 Å². The molecule has 0 amide bonds. The molecule has 0 atom stereocenters. The molecule has 0 bridgehead atoms. The minimum absolute atomic E-state index is 0.536. The van der Waals surface area contributed by atoms with Crippen molar-refractivity contribution in [2.45, 2.75) is 0 Å². The first-order valence-corrected chi connectivity index (χ1v) is 23.0. The lowest BCUT2D eigenvalue weighted by Gasteiger charge is -2.14. The van der Waals surface area contributed by atoms with Gasteiger partial charge in [0.1, 0.15) is 11.2 Å². The average molecular weight is 867 g/mol. The topological polar surface area (TPSA) is 56.7 Å². The number of para-hydroxylation sites is 1. The minimum atomic E-state index is 0.536. The third-order valence-corrected chi connectivity index (χ3v) is 13.7. The van der Waals surface area contributed by atoms with Crippen LogP contribution in [0.15, 0.2) is 235 Å². The van der Waals surface area contributed by atoms with Gasteiger partial charge in [-0.3, -0.25) is 4.57 Å². The fourth-order valence-electron chi connectivity index (χ4n) is 10.5. The smallest absolute Gasteiger partial charge is 0.238 e. The Balaban J connectivity index is 1.07. The van der Waals surface area contributed by atoms with Gasteiger partial charge < -0.3 is 4.42 Å². The molecule has 0 fully saturated rings. The summed E-state index contributed by atoms with van der Waals surface area (Å²) in [7, 11) is 0. The molecule has 3 aromatic heterocycles. The fraction of sp³-hybridized carbons (Fsp3) is 0. The molecular formula is C63H38N4O. The molecule has 0 aliphatic rings. The van der Waals surface area contributed by atoms with Crippen LogP contribution >= 0.6 is 0 Å². The van der Waals surface area contributed by atoms with Crippen molar-refractivity contribution in [1.29, 1.82) is 0 Å². The van der Waals surface area contributed by atoms with Crippen LogP contribution in [0.1, 0.15) is 0 Å². The molecule has 3 heterocycles. The van der Waals surface area contributed by atoms with E-state index in [1.807, 2.05) is 12.1 Å². The van der Waals surface area contributed by atoms with E-state index in [1.165, 1.54) is 26.9 Å². The van der Waals surface area contributed by atoms with Gasteiger partial charge in [-0.15, -0.1) is 0 Å². The Kier molecular flexibility index (Phi) is 8.52. The van der Waals surface area contributed by atoms with Crippen LogP contribution in [0.2, 0.25) is 0 Å². The Labute approximate surface area is 390 Å².